The molecule has 0 aromatic carbocycles. The molecule has 0 spiro atoms. The Balaban J connectivity index is 1.83. The van der Waals surface area contributed by atoms with Crippen LogP contribution in [0.1, 0.15) is 29.0 Å². The topological polar surface area (TPSA) is 76.4 Å². The van der Waals surface area contributed by atoms with E-state index in [1.54, 1.807) is 13.0 Å². The molecule has 18 heavy (non-hydrogen) atoms. The van der Waals surface area contributed by atoms with Crippen molar-refractivity contribution >= 4 is 15.7 Å². The maximum atomic E-state index is 11.8. The third-order valence-corrected chi connectivity index (χ3v) is 5.04. The zero-order valence-corrected chi connectivity index (χ0v) is 11.1. The zero-order valence-electron chi connectivity index (χ0n) is 10.3. The van der Waals surface area contributed by atoms with E-state index in [1.165, 1.54) is 6.26 Å². The largest absolute Gasteiger partial charge is 0.469 e. The Morgan fingerprint density at radius 2 is 2.11 bits per heavy atom. The van der Waals surface area contributed by atoms with Crippen LogP contribution < -0.4 is 5.32 Å². The molecule has 1 aliphatic rings. The van der Waals surface area contributed by atoms with Gasteiger partial charge in [-0.2, -0.15) is 0 Å². The minimum Gasteiger partial charge on any atom is -0.469 e. The fraction of sp³-hybridized carbons (Fsp3) is 0.583. The first kappa shape index (κ1) is 13.1. The number of hydrogen-bond acceptors (Lipinski definition) is 4. The maximum Gasteiger partial charge on any atom is 0.254 e. The number of rotatable bonds is 3. The molecule has 0 aliphatic carbocycles. The van der Waals surface area contributed by atoms with Gasteiger partial charge in [0.15, 0.2) is 0 Å². The molecule has 1 aromatic heterocycles. The Bertz CT molecular complexity index is 518. The molecule has 1 amide bonds. The van der Waals surface area contributed by atoms with Crippen LogP contribution in [-0.4, -0.2) is 32.4 Å². The van der Waals surface area contributed by atoms with Gasteiger partial charge in [-0.3, -0.25) is 4.79 Å². The first-order valence-corrected chi connectivity index (χ1v) is 7.83. The van der Waals surface area contributed by atoms with Gasteiger partial charge in [-0.05, 0) is 31.7 Å². The maximum absolute atomic E-state index is 11.8. The van der Waals surface area contributed by atoms with Crippen LogP contribution in [-0.2, 0) is 9.84 Å². The number of aryl methyl sites for hydroxylation is 1. The van der Waals surface area contributed by atoms with Crippen molar-refractivity contribution in [3.8, 4) is 0 Å². The smallest absolute Gasteiger partial charge is 0.254 e. The molecular formula is C12H17NO4S. The summed E-state index contributed by atoms with van der Waals surface area (Å²) in [4.78, 5) is 11.8. The van der Waals surface area contributed by atoms with Gasteiger partial charge in [0.25, 0.3) is 5.91 Å². The van der Waals surface area contributed by atoms with E-state index < -0.39 is 9.84 Å². The molecule has 1 aliphatic heterocycles. The highest BCUT2D eigenvalue weighted by atomic mass is 32.2. The number of carbonyl (C=O) groups is 1. The number of furan rings is 1. The van der Waals surface area contributed by atoms with Crippen molar-refractivity contribution in [1.82, 2.24) is 5.32 Å². The predicted octanol–water partition coefficient (Wildman–Crippen LogP) is 1.14. The highest BCUT2D eigenvalue weighted by Crippen LogP contribution is 2.18. The van der Waals surface area contributed by atoms with Crippen molar-refractivity contribution in [2.45, 2.75) is 19.8 Å². The number of carbonyl (C=O) groups excluding carboxylic acids is 1. The van der Waals surface area contributed by atoms with Crippen LogP contribution >= 0.6 is 0 Å². The summed E-state index contributed by atoms with van der Waals surface area (Å²) in [5.41, 5.74) is 0.540. The molecule has 1 aromatic rings. The van der Waals surface area contributed by atoms with Crippen LogP contribution in [0.4, 0.5) is 0 Å². The molecule has 0 unspecified atom stereocenters. The SMILES string of the molecule is Cc1occc1C(=O)NCC1CCS(=O)(=O)CC1. The highest BCUT2D eigenvalue weighted by Gasteiger charge is 2.24. The quantitative estimate of drug-likeness (QED) is 0.894. The summed E-state index contributed by atoms with van der Waals surface area (Å²) >= 11 is 0. The van der Waals surface area contributed by atoms with Crippen LogP contribution in [0.2, 0.25) is 0 Å². The lowest BCUT2D eigenvalue weighted by atomic mass is 10.0. The molecule has 0 saturated carbocycles. The van der Waals surface area contributed by atoms with Crippen molar-refractivity contribution in [1.29, 1.82) is 0 Å². The first-order valence-electron chi connectivity index (χ1n) is 6.00. The lowest BCUT2D eigenvalue weighted by Gasteiger charge is -2.21. The van der Waals surface area contributed by atoms with E-state index in [9.17, 15) is 13.2 Å². The normalized spacial score (nSPS) is 19.6. The Labute approximate surface area is 106 Å². The van der Waals surface area contributed by atoms with E-state index in [2.05, 4.69) is 5.32 Å². The van der Waals surface area contributed by atoms with E-state index in [1.807, 2.05) is 0 Å². The summed E-state index contributed by atoms with van der Waals surface area (Å²) in [7, 11) is -2.83. The zero-order chi connectivity index (χ0) is 13.2. The van der Waals surface area contributed by atoms with Gasteiger partial charge in [0, 0.05) is 6.54 Å². The average molecular weight is 271 g/mol. The summed E-state index contributed by atoms with van der Waals surface area (Å²) in [6.45, 7) is 2.26. The standard InChI is InChI=1S/C12H17NO4S/c1-9-11(2-5-17-9)12(14)13-8-10-3-6-18(15,16)7-4-10/h2,5,10H,3-4,6-8H2,1H3,(H,13,14). The Morgan fingerprint density at radius 3 is 2.67 bits per heavy atom. The fourth-order valence-corrected chi connectivity index (χ4v) is 3.68. The Hall–Kier alpha value is -1.30. The lowest BCUT2D eigenvalue weighted by molar-refractivity contribution is 0.0945. The Morgan fingerprint density at radius 1 is 1.44 bits per heavy atom. The summed E-state index contributed by atoms with van der Waals surface area (Å²) < 4.78 is 27.6. The van der Waals surface area contributed by atoms with Gasteiger partial charge in [-0.15, -0.1) is 0 Å². The van der Waals surface area contributed by atoms with Crippen molar-refractivity contribution in [3.05, 3.63) is 23.7 Å². The summed E-state index contributed by atoms with van der Waals surface area (Å²) in [5.74, 6) is 1.16. The van der Waals surface area contributed by atoms with Crippen LogP contribution in [0.15, 0.2) is 16.7 Å². The fourth-order valence-electron chi connectivity index (χ4n) is 2.10. The lowest BCUT2D eigenvalue weighted by Crippen LogP contribution is -2.34. The molecule has 0 bridgehead atoms. The summed E-state index contributed by atoms with van der Waals surface area (Å²) in [5, 5.41) is 2.83. The van der Waals surface area contributed by atoms with E-state index in [4.69, 9.17) is 4.42 Å². The van der Waals surface area contributed by atoms with Gasteiger partial charge in [0.2, 0.25) is 0 Å². The first-order chi connectivity index (χ1) is 8.48. The number of amides is 1. The van der Waals surface area contributed by atoms with Crippen molar-refractivity contribution in [2.75, 3.05) is 18.1 Å². The number of hydrogen-bond donors (Lipinski definition) is 1. The third kappa shape index (κ3) is 3.13. The summed E-state index contributed by atoms with van der Waals surface area (Å²) in [6.07, 6.45) is 2.75. The van der Waals surface area contributed by atoms with Gasteiger partial charge in [0.05, 0.1) is 23.3 Å². The van der Waals surface area contributed by atoms with E-state index in [0.717, 1.165) is 0 Å². The van der Waals surface area contributed by atoms with Crippen LogP contribution in [0.5, 0.6) is 0 Å². The molecule has 6 heteroatoms. The molecule has 2 heterocycles. The number of sulfone groups is 1. The van der Waals surface area contributed by atoms with Gasteiger partial charge in [-0.25, -0.2) is 8.42 Å². The molecular weight excluding hydrogens is 254 g/mol. The molecule has 0 atom stereocenters. The van der Waals surface area contributed by atoms with Crippen molar-refractivity contribution < 1.29 is 17.6 Å². The highest BCUT2D eigenvalue weighted by molar-refractivity contribution is 7.91. The molecule has 100 valence electrons. The van der Waals surface area contributed by atoms with Gasteiger partial charge >= 0.3 is 0 Å². The predicted molar refractivity (Wildman–Crippen MR) is 67.2 cm³/mol. The van der Waals surface area contributed by atoms with Gasteiger partial charge in [0.1, 0.15) is 15.6 Å². The van der Waals surface area contributed by atoms with Crippen LogP contribution in [0.3, 0.4) is 0 Å². The Kier molecular flexibility index (Phi) is 3.75. The second-order valence-electron chi connectivity index (χ2n) is 4.70. The van der Waals surface area contributed by atoms with Crippen molar-refractivity contribution in [2.24, 2.45) is 5.92 Å². The second-order valence-corrected chi connectivity index (χ2v) is 7.00. The van der Waals surface area contributed by atoms with E-state index in [-0.39, 0.29) is 23.3 Å². The second kappa shape index (κ2) is 5.14. The van der Waals surface area contributed by atoms with E-state index in [0.29, 0.717) is 30.7 Å². The van der Waals surface area contributed by atoms with Crippen LogP contribution in [0, 0.1) is 12.8 Å². The van der Waals surface area contributed by atoms with Crippen LogP contribution in [0.25, 0.3) is 0 Å². The molecule has 2 rings (SSSR count). The van der Waals surface area contributed by atoms with E-state index >= 15 is 0 Å². The minimum atomic E-state index is -2.83. The molecule has 1 N–H and O–H groups in total. The average Bonchev–Trinajstić information content (AvgIpc) is 2.74. The minimum absolute atomic E-state index is 0.158. The monoisotopic (exact) mass is 271 g/mol. The summed E-state index contributed by atoms with van der Waals surface area (Å²) in [6, 6.07) is 1.63. The number of nitrogens with one attached hydrogen (secondary N) is 1. The van der Waals surface area contributed by atoms with Gasteiger partial charge in [-0.1, -0.05) is 0 Å². The molecule has 0 radical (unpaired) electrons. The third-order valence-electron chi connectivity index (χ3n) is 3.33. The van der Waals surface area contributed by atoms with Gasteiger partial charge < -0.3 is 9.73 Å². The molecule has 5 nitrogen and oxygen atoms in total. The molecule has 1 fully saturated rings. The molecule has 1 saturated heterocycles. The van der Waals surface area contributed by atoms with Crippen molar-refractivity contribution in [3.63, 3.8) is 0 Å².